The molecule has 0 aliphatic carbocycles. The molecule has 2 rings (SSSR count). The predicted octanol–water partition coefficient (Wildman–Crippen LogP) is 1.77. The third-order valence-corrected chi connectivity index (χ3v) is 3.45. The number of nitrogens with one attached hydrogen (secondary N) is 1. The summed E-state index contributed by atoms with van der Waals surface area (Å²) >= 11 is 0. The highest BCUT2D eigenvalue weighted by atomic mass is 16.5. The molecule has 118 valence electrons. The van der Waals surface area contributed by atoms with E-state index in [0.29, 0.717) is 11.8 Å². The topological polar surface area (TPSA) is 72.5 Å². The molecule has 0 aliphatic rings. The quantitative estimate of drug-likeness (QED) is 0.501. The number of ether oxygens (including phenoxy) is 1. The molecule has 0 radical (unpaired) electrons. The molecule has 23 heavy (non-hydrogen) atoms. The molecule has 0 unspecified atom stereocenters. The number of rotatable bonds is 6. The van der Waals surface area contributed by atoms with Crippen molar-refractivity contribution in [1.82, 2.24) is 5.32 Å². The minimum Gasteiger partial charge on any atom is -0.467 e. The average molecular weight is 311 g/mol. The molecule has 1 atom stereocenters. The first-order valence-corrected chi connectivity index (χ1v) is 7.07. The molecule has 2 aromatic rings. The van der Waals surface area contributed by atoms with Gasteiger partial charge in [0.2, 0.25) is 0 Å². The SMILES string of the molecule is COC(=O)[C@](C=O)(Cc1ccccc1)NC(=O)c1ccccc1. The zero-order valence-electron chi connectivity index (χ0n) is 12.7. The van der Waals surface area contributed by atoms with Gasteiger partial charge in [0.1, 0.15) is 0 Å². The standard InChI is InChI=1S/C18H17NO4/c1-23-17(22)18(13-20,12-14-8-4-2-5-9-14)19-16(21)15-10-6-3-7-11-15/h2-11,13H,12H2,1H3,(H,19,21)/t18-/m1/s1. The van der Waals surface area contributed by atoms with Gasteiger partial charge in [-0.25, -0.2) is 4.79 Å². The van der Waals surface area contributed by atoms with E-state index in [1.807, 2.05) is 6.07 Å². The first-order valence-electron chi connectivity index (χ1n) is 7.07. The van der Waals surface area contributed by atoms with Crippen LogP contribution in [0, 0.1) is 0 Å². The van der Waals surface area contributed by atoms with Crippen LogP contribution in [0.1, 0.15) is 15.9 Å². The van der Waals surface area contributed by atoms with E-state index in [1.165, 1.54) is 7.11 Å². The molecule has 0 saturated carbocycles. The van der Waals surface area contributed by atoms with Crippen molar-refractivity contribution in [2.75, 3.05) is 7.11 Å². The number of amides is 1. The van der Waals surface area contributed by atoms with Crippen LogP contribution in [0.3, 0.4) is 0 Å². The van der Waals surface area contributed by atoms with Gasteiger partial charge in [0, 0.05) is 12.0 Å². The van der Waals surface area contributed by atoms with Crippen LogP contribution in [0.2, 0.25) is 0 Å². The fourth-order valence-electron chi connectivity index (χ4n) is 2.25. The third-order valence-electron chi connectivity index (χ3n) is 3.45. The molecule has 5 nitrogen and oxygen atoms in total. The molecule has 0 saturated heterocycles. The van der Waals surface area contributed by atoms with E-state index in [2.05, 4.69) is 5.32 Å². The van der Waals surface area contributed by atoms with E-state index < -0.39 is 17.4 Å². The monoisotopic (exact) mass is 311 g/mol. The molecule has 0 fully saturated rings. The van der Waals surface area contributed by atoms with Crippen LogP contribution in [-0.2, 0) is 20.7 Å². The summed E-state index contributed by atoms with van der Waals surface area (Å²) in [6.07, 6.45) is 0.440. The van der Waals surface area contributed by atoms with Gasteiger partial charge in [-0.2, -0.15) is 0 Å². The summed E-state index contributed by atoms with van der Waals surface area (Å²) in [5.41, 5.74) is -0.669. The number of carbonyl (C=O) groups excluding carboxylic acids is 3. The largest absolute Gasteiger partial charge is 0.467 e. The molecule has 0 bridgehead atoms. The van der Waals surface area contributed by atoms with Gasteiger partial charge in [-0.3, -0.25) is 4.79 Å². The van der Waals surface area contributed by atoms with Crippen LogP contribution < -0.4 is 5.32 Å². The number of hydrogen-bond acceptors (Lipinski definition) is 4. The van der Waals surface area contributed by atoms with Gasteiger partial charge in [-0.1, -0.05) is 48.5 Å². The number of esters is 1. The summed E-state index contributed by atoms with van der Waals surface area (Å²) in [6.45, 7) is 0. The van der Waals surface area contributed by atoms with E-state index in [0.717, 1.165) is 5.56 Å². The first kappa shape index (κ1) is 16.4. The third kappa shape index (κ3) is 3.83. The molecular weight excluding hydrogens is 294 g/mol. The smallest absolute Gasteiger partial charge is 0.339 e. The fraction of sp³-hybridized carbons (Fsp3) is 0.167. The highest BCUT2D eigenvalue weighted by molar-refractivity contribution is 6.06. The van der Waals surface area contributed by atoms with E-state index in [1.54, 1.807) is 54.6 Å². The van der Waals surface area contributed by atoms with E-state index in [4.69, 9.17) is 4.74 Å². The van der Waals surface area contributed by atoms with Crippen LogP contribution in [-0.4, -0.2) is 30.8 Å². The van der Waals surface area contributed by atoms with Gasteiger partial charge in [0.05, 0.1) is 7.11 Å². The lowest BCUT2D eigenvalue weighted by atomic mass is 9.91. The molecule has 0 aliphatic heterocycles. The van der Waals surface area contributed by atoms with Crippen molar-refractivity contribution in [3.8, 4) is 0 Å². The van der Waals surface area contributed by atoms with Crippen LogP contribution >= 0.6 is 0 Å². The summed E-state index contributed by atoms with van der Waals surface area (Å²) in [4.78, 5) is 36.2. The summed E-state index contributed by atoms with van der Waals surface area (Å²) < 4.78 is 4.73. The van der Waals surface area contributed by atoms with Crippen molar-refractivity contribution in [2.24, 2.45) is 0 Å². The Morgan fingerprint density at radius 2 is 1.61 bits per heavy atom. The second-order valence-electron chi connectivity index (χ2n) is 5.06. The van der Waals surface area contributed by atoms with Crippen molar-refractivity contribution >= 4 is 18.2 Å². The van der Waals surface area contributed by atoms with Crippen LogP contribution in [0.4, 0.5) is 0 Å². The van der Waals surface area contributed by atoms with Gasteiger partial charge >= 0.3 is 5.97 Å². The second kappa shape index (κ2) is 7.35. The van der Waals surface area contributed by atoms with E-state index in [-0.39, 0.29) is 6.42 Å². The number of hydrogen-bond donors (Lipinski definition) is 1. The van der Waals surface area contributed by atoms with Gasteiger partial charge in [0.15, 0.2) is 11.8 Å². The highest BCUT2D eigenvalue weighted by Crippen LogP contribution is 2.15. The van der Waals surface area contributed by atoms with Crippen molar-refractivity contribution in [3.63, 3.8) is 0 Å². The molecule has 0 spiro atoms. The summed E-state index contributed by atoms with van der Waals surface area (Å²) in [7, 11) is 1.18. The lowest BCUT2D eigenvalue weighted by Gasteiger charge is -2.26. The lowest BCUT2D eigenvalue weighted by Crippen LogP contribution is -2.58. The number of benzene rings is 2. The maximum atomic E-state index is 12.4. The molecular formula is C18H17NO4. The van der Waals surface area contributed by atoms with Crippen LogP contribution in [0.15, 0.2) is 60.7 Å². The second-order valence-corrected chi connectivity index (χ2v) is 5.06. The maximum absolute atomic E-state index is 12.4. The van der Waals surface area contributed by atoms with Gasteiger partial charge in [-0.15, -0.1) is 0 Å². The normalized spacial score (nSPS) is 12.7. The molecule has 0 heterocycles. The Morgan fingerprint density at radius 1 is 1.04 bits per heavy atom. The first-order chi connectivity index (χ1) is 11.1. The zero-order valence-corrected chi connectivity index (χ0v) is 12.7. The van der Waals surface area contributed by atoms with Crippen molar-refractivity contribution in [3.05, 3.63) is 71.8 Å². The Balaban J connectivity index is 2.31. The summed E-state index contributed by atoms with van der Waals surface area (Å²) in [6, 6.07) is 17.3. The molecule has 5 heteroatoms. The van der Waals surface area contributed by atoms with Gasteiger partial charge in [0.25, 0.3) is 5.91 Å². The summed E-state index contributed by atoms with van der Waals surface area (Å²) in [5.74, 6) is -1.32. The highest BCUT2D eigenvalue weighted by Gasteiger charge is 2.41. The Labute approximate surface area is 134 Å². The number of carbonyl (C=O) groups is 3. The average Bonchev–Trinajstić information content (AvgIpc) is 2.61. The van der Waals surface area contributed by atoms with Gasteiger partial charge in [-0.05, 0) is 17.7 Å². The number of aldehydes is 1. The van der Waals surface area contributed by atoms with Crippen LogP contribution in [0.25, 0.3) is 0 Å². The Morgan fingerprint density at radius 3 is 2.13 bits per heavy atom. The van der Waals surface area contributed by atoms with Crippen LogP contribution in [0.5, 0.6) is 0 Å². The van der Waals surface area contributed by atoms with E-state index >= 15 is 0 Å². The molecule has 1 amide bonds. The minimum atomic E-state index is -1.76. The molecule has 0 aromatic heterocycles. The lowest BCUT2D eigenvalue weighted by molar-refractivity contribution is -0.149. The Hall–Kier alpha value is -2.95. The Kier molecular flexibility index (Phi) is 5.25. The molecule has 1 N–H and O–H groups in total. The van der Waals surface area contributed by atoms with Crippen molar-refractivity contribution < 1.29 is 19.1 Å². The van der Waals surface area contributed by atoms with Crippen molar-refractivity contribution in [1.29, 1.82) is 0 Å². The fourth-order valence-corrected chi connectivity index (χ4v) is 2.25. The molecule has 2 aromatic carbocycles. The Bertz CT molecular complexity index is 685. The zero-order chi connectivity index (χ0) is 16.7. The predicted molar refractivity (Wildman–Crippen MR) is 84.9 cm³/mol. The number of methoxy groups -OCH3 is 1. The van der Waals surface area contributed by atoms with Gasteiger partial charge < -0.3 is 14.8 Å². The summed E-state index contributed by atoms with van der Waals surface area (Å²) in [5, 5.41) is 2.51. The maximum Gasteiger partial charge on any atom is 0.339 e. The minimum absolute atomic E-state index is 0.0165. The van der Waals surface area contributed by atoms with E-state index in [9.17, 15) is 14.4 Å². The van der Waals surface area contributed by atoms with Crippen molar-refractivity contribution in [2.45, 2.75) is 12.0 Å².